The molecule has 5 aromatic rings. The van der Waals surface area contributed by atoms with Gasteiger partial charge in [-0.2, -0.15) is 10.4 Å². The number of ether oxygens (including phenoxy) is 1. The minimum absolute atomic E-state index is 0.170. The van der Waals surface area contributed by atoms with Crippen LogP contribution in [0, 0.1) is 11.3 Å². The zero-order valence-corrected chi connectivity index (χ0v) is 20.4. The molecule has 0 spiro atoms. The van der Waals surface area contributed by atoms with Crippen LogP contribution >= 0.6 is 11.8 Å². The molecule has 3 aromatic heterocycles. The summed E-state index contributed by atoms with van der Waals surface area (Å²) in [5.41, 5.74) is 4.46. The van der Waals surface area contributed by atoms with E-state index in [1.165, 1.54) is 11.8 Å². The third-order valence-corrected chi connectivity index (χ3v) is 6.48. The quantitative estimate of drug-likeness (QED) is 0.229. The second kappa shape index (κ2) is 10.5. The van der Waals surface area contributed by atoms with Gasteiger partial charge in [-0.1, -0.05) is 25.1 Å². The van der Waals surface area contributed by atoms with Crippen LogP contribution in [-0.2, 0) is 4.79 Å². The van der Waals surface area contributed by atoms with Gasteiger partial charge in [0.05, 0.1) is 29.7 Å². The third kappa shape index (κ3) is 5.01. The topological polar surface area (TPSA) is 110 Å². The van der Waals surface area contributed by atoms with E-state index in [0.717, 1.165) is 35.4 Å². The second-order valence-corrected chi connectivity index (χ2v) is 9.03. The van der Waals surface area contributed by atoms with Gasteiger partial charge in [-0.05, 0) is 61.0 Å². The number of nitrogens with one attached hydrogen (secondary N) is 1. The summed E-state index contributed by atoms with van der Waals surface area (Å²) in [4.78, 5) is 12.4. The van der Waals surface area contributed by atoms with Gasteiger partial charge < -0.3 is 10.1 Å². The van der Waals surface area contributed by atoms with Crippen molar-refractivity contribution in [2.45, 2.75) is 24.9 Å². The highest BCUT2D eigenvalue weighted by atomic mass is 32.2. The Morgan fingerprint density at radius 2 is 1.92 bits per heavy atom. The molecule has 9 nitrogen and oxygen atoms in total. The molecule has 180 valence electrons. The summed E-state index contributed by atoms with van der Waals surface area (Å²) in [6.07, 6.45) is 5.82. The average molecular weight is 498 g/mol. The summed E-state index contributed by atoms with van der Waals surface area (Å²) >= 11 is 1.29. The van der Waals surface area contributed by atoms with Gasteiger partial charge in [-0.3, -0.25) is 9.20 Å². The molecule has 0 aliphatic rings. The van der Waals surface area contributed by atoms with Crippen LogP contribution in [0.3, 0.4) is 0 Å². The smallest absolute Gasteiger partial charge is 0.234 e. The summed E-state index contributed by atoms with van der Waals surface area (Å²) in [6.45, 7) is 2.85. The molecule has 0 unspecified atom stereocenters. The van der Waals surface area contributed by atoms with E-state index in [1.807, 2.05) is 47.1 Å². The largest absolute Gasteiger partial charge is 0.494 e. The van der Waals surface area contributed by atoms with Gasteiger partial charge in [0, 0.05) is 23.6 Å². The van der Waals surface area contributed by atoms with Gasteiger partial charge in [0.2, 0.25) is 5.91 Å². The maximum Gasteiger partial charge on any atom is 0.234 e. The molecule has 3 heterocycles. The number of nitrogens with zero attached hydrogens (tertiary/aromatic N) is 6. The van der Waals surface area contributed by atoms with Crippen molar-refractivity contribution in [1.82, 2.24) is 24.2 Å². The molecule has 0 aliphatic heterocycles. The Balaban J connectivity index is 1.29. The van der Waals surface area contributed by atoms with E-state index in [9.17, 15) is 4.79 Å². The standard InChI is InChI=1S/C26H23N7O2S/c1-2-3-14-35-21-10-6-19(7-11-21)22-15-23-25-29-30-26(32(25)12-13-33(23)31-22)36-17-24(34)28-20-8-4-18(16-27)5-9-20/h4-13,15H,2-3,14,17H2,1H3,(H,28,34). The normalized spacial score (nSPS) is 11.0. The van der Waals surface area contributed by atoms with Crippen molar-refractivity contribution < 1.29 is 9.53 Å². The fourth-order valence-electron chi connectivity index (χ4n) is 3.64. The van der Waals surface area contributed by atoms with Crippen LogP contribution < -0.4 is 10.1 Å². The highest BCUT2D eigenvalue weighted by Crippen LogP contribution is 2.26. The van der Waals surface area contributed by atoms with Crippen LogP contribution in [0.4, 0.5) is 5.69 Å². The van der Waals surface area contributed by atoms with Crippen molar-refractivity contribution in [2.24, 2.45) is 0 Å². The van der Waals surface area contributed by atoms with Crippen LogP contribution in [-0.4, -0.2) is 42.5 Å². The first kappa shape index (κ1) is 23.4. The zero-order chi connectivity index (χ0) is 24.9. The molecule has 0 saturated heterocycles. The van der Waals surface area contributed by atoms with E-state index in [1.54, 1.807) is 28.8 Å². The summed E-state index contributed by atoms with van der Waals surface area (Å²) in [5, 5.41) is 25.6. The van der Waals surface area contributed by atoms with E-state index in [0.29, 0.717) is 28.7 Å². The fraction of sp³-hybridized carbons (Fsp3) is 0.192. The summed E-state index contributed by atoms with van der Waals surface area (Å²) in [7, 11) is 0. The first-order chi connectivity index (χ1) is 17.6. The first-order valence-corrected chi connectivity index (χ1v) is 12.5. The molecule has 0 aliphatic carbocycles. The number of carbonyl (C=O) groups is 1. The van der Waals surface area contributed by atoms with Crippen molar-refractivity contribution in [2.75, 3.05) is 17.7 Å². The molecule has 0 radical (unpaired) electrons. The monoisotopic (exact) mass is 497 g/mol. The highest BCUT2D eigenvalue weighted by molar-refractivity contribution is 7.99. The molecule has 10 heteroatoms. The SMILES string of the molecule is CCCCOc1ccc(-c2cc3c4nnc(SCC(=O)Nc5ccc(C#N)cc5)n4ccn3n2)cc1. The number of aromatic nitrogens is 5. The number of rotatable bonds is 9. The van der Waals surface area contributed by atoms with Crippen LogP contribution in [0.15, 0.2) is 72.1 Å². The first-order valence-electron chi connectivity index (χ1n) is 11.5. The van der Waals surface area contributed by atoms with Crippen molar-refractivity contribution in [3.63, 3.8) is 0 Å². The van der Waals surface area contributed by atoms with Crippen LogP contribution in [0.1, 0.15) is 25.3 Å². The van der Waals surface area contributed by atoms with Crippen molar-refractivity contribution in [1.29, 1.82) is 5.26 Å². The van der Waals surface area contributed by atoms with Gasteiger partial charge >= 0.3 is 0 Å². The lowest BCUT2D eigenvalue weighted by Gasteiger charge is -2.05. The van der Waals surface area contributed by atoms with E-state index in [-0.39, 0.29) is 11.7 Å². The average Bonchev–Trinajstić information content (AvgIpc) is 3.53. The molecular formula is C26H23N7O2S. The van der Waals surface area contributed by atoms with Gasteiger partial charge in [-0.15, -0.1) is 10.2 Å². The highest BCUT2D eigenvalue weighted by Gasteiger charge is 2.14. The number of benzene rings is 2. The third-order valence-electron chi connectivity index (χ3n) is 5.53. The van der Waals surface area contributed by atoms with E-state index < -0.39 is 0 Å². The number of unbranched alkanes of at least 4 members (excludes halogenated alkanes) is 1. The Morgan fingerprint density at radius 1 is 1.11 bits per heavy atom. The Hall–Kier alpha value is -4.36. The Morgan fingerprint density at radius 3 is 2.67 bits per heavy atom. The number of carbonyl (C=O) groups excluding carboxylic acids is 1. The Kier molecular flexibility index (Phi) is 6.82. The summed E-state index contributed by atoms with van der Waals surface area (Å²) in [5.74, 6) is 0.848. The van der Waals surface area contributed by atoms with E-state index in [2.05, 4.69) is 33.6 Å². The number of amides is 1. The fourth-order valence-corrected chi connectivity index (χ4v) is 4.36. The minimum Gasteiger partial charge on any atom is -0.494 e. The second-order valence-electron chi connectivity index (χ2n) is 8.09. The predicted molar refractivity (Wildman–Crippen MR) is 138 cm³/mol. The Bertz CT molecular complexity index is 1550. The van der Waals surface area contributed by atoms with Crippen molar-refractivity contribution in [3.05, 3.63) is 72.6 Å². The predicted octanol–water partition coefficient (Wildman–Crippen LogP) is 4.83. The molecule has 2 aromatic carbocycles. The van der Waals surface area contributed by atoms with Crippen molar-refractivity contribution >= 4 is 34.5 Å². The molecular weight excluding hydrogens is 474 g/mol. The van der Waals surface area contributed by atoms with Gasteiger partial charge in [-0.25, -0.2) is 4.52 Å². The maximum absolute atomic E-state index is 12.4. The lowest BCUT2D eigenvalue weighted by atomic mass is 10.1. The van der Waals surface area contributed by atoms with Gasteiger partial charge in [0.1, 0.15) is 11.3 Å². The molecule has 1 amide bonds. The molecule has 36 heavy (non-hydrogen) atoms. The number of thioether (sulfide) groups is 1. The molecule has 1 N–H and O–H groups in total. The van der Waals surface area contributed by atoms with Crippen molar-refractivity contribution in [3.8, 4) is 23.1 Å². The van der Waals surface area contributed by atoms with Gasteiger partial charge in [0.15, 0.2) is 10.8 Å². The van der Waals surface area contributed by atoms with Crippen LogP contribution in [0.5, 0.6) is 5.75 Å². The molecule has 0 atom stereocenters. The molecule has 0 bridgehead atoms. The summed E-state index contributed by atoms with van der Waals surface area (Å²) in [6, 6.07) is 18.7. The maximum atomic E-state index is 12.4. The lowest BCUT2D eigenvalue weighted by molar-refractivity contribution is -0.113. The molecule has 0 fully saturated rings. The molecule has 5 rings (SSSR count). The number of nitriles is 1. The number of hydrogen-bond acceptors (Lipinski definition) is 7. The molecule has 0 saturated carbocycles. The number of anilines is 1. The van der Waals surface area contributed by atoms with Gasteiger partial charge in [0.25, 0.3) is 0 Å². The van der Waals surface area contributed by atoms with E-state index >= 15 is 0 Å². The number of hydrogen-bond donors (Lipinski definition) is 1. The van der Waals surface area contributed by atoms with E-state index in [4.69, 9.17) is 10.00 Å². The lowest BCUT2D eigenvalue weighted by Crippen LogP contribution is -2.14. The Labute approximate surface area is 211 Å². The number of fused-ring (bicyclic) bond motifs is 3. The minimum atomic E-state index is -0.170. The zero-order valence-electron chi connectivity index (χ0n) is 19.6. The van der Waals surface area contributed by atoms with Crippen LogP contribution in [0.25, 0.3) is 22.4 Å². The van der Waals surface area contributed by atoms with Crippen LogP contribution in [0.2, 0.25) is 0 Å². The summed E-state index contributed by atoms with van der Waals surface area (Å²) < 4.78 is 9.38.